The molecule has 0 saturated heterocycles. The van der Waals surface area contributed by atoms with Gasteiger partial charge in [0, 0.05) is 31.5 Å². The van der Waals surface area contributed by atoms with Crippen molar-refractivity contribution in [3.8, 4) is 0 Å². The number of nitrogens with one attached hydrogen (secondary N) is 2. The van der Waals surface area contributed by atoms with E-state index in [0.29, 0.717) is 23.7 Å². The molecular weight excluding hydrogens is 298 g/mol. The minimum atomic E-state index is -0.506. The molecule has 0 spiro atoms. The van der Waals surface area contributed by atoms with E-state index in [-0.39, 0.29) is 0 Å². The van der Waals surface area contributed by atoms with Crippen LogP contribution in [0.1, 0.15) is 12.5 Å². The summed E-state index contributed by atoms with van der Waals surface area (Å²) in [5.41, 5.74) is 3.28. The SMILES string of the molecule is CCn1c(N/N=C/c2cccnc2)nc2c1c(=O)[nH]c(=O)n2C. The maximum atomic E-state index is 12.0. The number of hydrogen-bond acceptors (Lipinski definition) is 6. The number of aryl methyl sites for hydroxylation is 2. The van der Waals surface area contributed by atoms with Gasteiger partial charge < -0.3 is 4.57 Å². The van der Waals surface area contributed by atoms with Crippen LogP contribution in [0.4, 0.5) is 5.95 Å². The van der Waals surface area contributed by atoms with Gasteiger partial charge in [0.1, 0.15) is 0 Å². The highest BCUT2D eigenvalue weighted by molar-refractivity contribution is 5.80. The number of fused-ring (bicyclic) bond motifs is 1. The Kier molecular flexibility index (Phi) is 3.75. The van der Waals surface area contributed by atoms with Crippen LogP contribution in [0.2, 0.25) is 0 Å². The molecule has 2 N–H and O–H groups in total. The largest absolute Gasteiger partial charge is 0.329 e. The first-order chi connectivity index (χ1) is 11.1. The van der Waals surface area contributed by atoms with E-state index in [1.165, 1.54) is 4.57 Å². The zero-order chi connectivity index (χ0) is 16.4. The summed E-state index contributed by atoms with van der Waals surface area (Å²) in [7, 11) is 1.55. The minimum absolute atomic E-state index is 0.305. The molecule has 0 saturated carbocycles. The summed E-state index contributed by atoms with van der Waals surface area (Å²) in [5, 5.41) is 4.10. The summed E-state index contributed by atoms with van der Waals surface area (Å²) in [6.45, 7) is 2.38. The van der Waals surface area contributed by atoms with Crippen molar-refractivity contribution in [2.45, 2.75) is 13.5 Å². The lowest BCUT2D eigenvalue weighted by molar-refractivity contribution is 0.781. The van der Waals surface area contributed by atoms with E-state index in [4.69, 9.17) is 0 Å². The van der Waals surface area contributed by atoms with Gasteiger partial charge in [-0.25, -0.2) is 10.2 Å². The minimum Gasteiger partial charge on any atom is -0.303 e. The van der Waals surface area contributed by atoms with Crippen LogP contribution in [0.3, 0.4) is 0 Å². The summed E-state index contributed by atoms with van der Waals surface area (Å²) < 4.78 is 2.95. The first kappa shape index (κ1) is 14.7. The smallest absolute Gasteiger partial charge is 0.303 e. The Morgan fingerprint density at radius 2 is 2.26 bits per heavy atom. The summed E-state index contributed by atoms with van der Waals surface area (Å²) in [5.74, 6) is 0.384. The zero-order valence-corrected chi connectivity index (χ0v) is 12.6. The standard InChI is InChI=1S/C14H15N7O2/c1-3-21-10-11(20(2)14(23)18-12(10)22)17-13(21)19-16-8-9-5-4-6-15-7-9/h4-8H,3H2,1-2H3,(H,17,19)(H,18,22,23)/b16-8+. The fourth-order valence-electron chi connectivity index (χ4n) is 2.24. The van der Waals surface area contributed by atoms with Crippen molar-refractivity contribution >= 4 is 23.3 Å². The second-order valence-corrected chi connectivity index (χ2v) is 4.83. The van der Waals surface area contributed by atoms with E-state index in [2.05, 4.69) is 25.5 Å². The molecule has 9 nitrogen and oxygen atoms in total. The number of H-pyrrole nitrogens is 1. The van der Waals surface area contributed by atoms with Crippen LogP contribution in [0, 0.1) is 0 Å². The molecule has 0 bridgehead atoms. The average molecular weight is 313 g/mol. The van der Waals surface area contributed by atoms with E-state index < -0.39 is 11.2 Å². The Balaban J connectivity index is 2.03. The molecule has 0 radical (unpaired) electrons. The lowest BCUT2D eigenvalue weighted by Gasteiger charge is -2.03. The molecule has 0 amide bonds. The third-order valence-corrected chi connectivity index (χ3v) is 3.39. The van der Waals surface area contributed by atoms with Gasteiger partial charge in [0.25, 0.3) is 5.56 Å². The monoisotopic (exact) mass is 313 g/mol. The maximum Gasteiger partial charge on any atom is 0.329 e. The molecule has 0 atom stereocenters. The van der Waals surface area contributed by atoms with Gasteiger partial charge in [0.05, 0.1) is 6.21 Å². The number of anilines is 1. The van der Waals surface area contributed by atoms with Crippen LogP contribution in [-0.4, -0.2) is 30.3 Å². The van der Waals surface area contributed by atoms with Gasteiger partial charge in [-0.15, -0.1) is 0 Å². The number of pyridine rings is 1. The molecule has 0 fully saturated rings. The van der Waals surface area contributed by atoms with Crippen molar-refractivity contribution in [2.75, 3.05) is 5.43 Å². The quantitative estimate of drug-likeness (QED) is 0.531. The van der Waals surface area contributed by atoms with Gasteiger partial charge >= 0.3 is 5.69 Å². The first-order valence-electron chi connectivity index (χ1n) is 7.00. The van der Waals surface area contributed by atoms with E-state index in [1.807, 2.05) is 13.0 Å². The topological polar surface area (TPSA) is 110 Å². The van der Waals surface area contributed by atoms with Crippen molar-refractivity contribution in [1.82, 2.24) is 24.1 Å². The third-order valence-electron chi connectivity index (χ3n) is 3.39. The number of hydrazone groups is 1. The predicted octanol–water partition coefficient (Wildman–Crippen LogP) is 0.284. The molecule has 0 aliphatic rings. The molecule has 0 unspecified atom stereocenters. The number of hydrogen-bond donors (Lipinski definition) is 2. The van der Waals surface area contributed by atoms with Gasteiger partial charge in [-0.3, -0.25) is 19.3 Å². The van der Waals surface area contributed by atoms with Gasteiger partial charge in [0.15, 0.2) is 11.2 Å². The lowest BCUT2D eigenvalue weighted by Crippen LogP contribution is -2.29. The molecule has 9 heteroatoms. The Bertz CT molecular complexity index is 982. The van der Waals surface area contributed by atoms with E-state index in [1.54, 1.807) is 36.3 Å². The second kappa shape index (κ2) is 5.87. The van der Waals surface area contributed by atoms with Gasteiger partial charge in [-0.1, -0.05) is 6.07 Å². The van der Waals surface area contributed by atoms with Crippen LogP contribution >= 0.6 is 0 Å². The van der Waals surface area contributed by atoms with E-state index in [9.17, 15) is 9.59 Å². The molecule has 3 aromatic rings. The average Bonchev–Trinajstić information content (AvgIpc) is 2.93. The lowest BCUT2D eigenvalue weighted by atomic mass is 10.3. The second-order valence-electron chi connectivity index (χ2n) is 4.83. The molecule has 0 aromatic carbocycles. The fraction of sp³-hybridized carbons (Fsp3) is 0.214. The Morgan fingerprint density at radius 3 is 2.96 bits per heavy atom. The molecule has 0 aliphatic heterocycles. The van der Waals surface area contributed by atoms with E-state index in [0.717, 1.165) is 5.56 Å². The Hall–Kier alpha value is -3.23. The van der Waals surface area contributed by atoms with Crippen molar-refractivity contribution in [2.24, 2.45) is 12.1 Å². The predicted molar refractivity (Wildman–Crippen MR) is 86.7 cm³/mol. The van der Waals surface area contributed by atoms with Crippen LogP contribution in [0.25, 0.3) is 11.2 Å². The van der Waals surface area contributed by atoms with Crippen LogP contribution in [0.15, 0.2) is 39.2 Å². The number of aromatic amines is 1. The van der Waals surface area contributed by atoms with Crippen molar-refractivity contribution in [3.05, 3.63) is 50.9 Å². The molecule has 3 heterocycles. The highest BCUT2D eigenvalue weighted by atomic mass is 16.2. The highest BCUT2D eigenvalue weighted by Gasteiger charge is 2.15. The van der Waals surface area contributed by atoms with Crippen LogP contribution < -0.4 is 16.7 Å². The fourth-order valence-corrected chi connectivity index (χ4v) is 2.24. The third kappa shape index (κ3) is 2.63. The first-order valence-corrected chi connectivity index (χ1v) is 7.00. The molecule has 3 rings (SSSR count). The zero-order valence-electron chi connectivity index (χ0n) is 12.6. The van der Waals surface area contributed by atoms with Crippen LogP contribution in [-0.2, 0) is 13.6 Å². The molecular formula is C14H15N7O2. The Labute approximate surface area is 130 Å². The van der Waals surface area contributed by atoms with Crippen LogP contribution in [0.5, 0.6) is 0 Å². The number of imidazole rings is 1. The van der Waals surface area contributed by atoms with Gasteiger partial charge in [0.2, 0.25) is 5.95 Å². The summed E-state index contributed by atoms with van der Waals surface area (Å²) in [6.07, 6.45) is 4.94. The molecule has 0 aliphatic carbocycles. The molecule has 23 heavy (non-hydrogen) atoms. The summed E-state index contributed by atoms with van der Waals surface area (Å²) in [4.78, 5) is 34.3. The highest BCUT2D eigenvalue weighted by Crippen LogP contribution is 2.14. The number of rotatable bonds is 4. The normalized spacial score (nSPS) is 11.4. The summed E-state index contributed by atoms with van der Waals surface area (Å²) in [6, 6.07) is 3.66. The van der Waals surface area contributed by atoms with Gasteiger partial charge in [-0.2, -0.15) is 10.1 Å². The summed E-state index contributed by atoms with van der Waals surface area (Å²) >= 11 is 0. The van der Waals surface area contributed by atoms with E-state index >= 15 is 0 Å². The van der Waals surface area contributed by atoms with Gasteiger partial charge in [-0.05, 0) is 13.0 Å². The number of aromatic nitrogens is 5. The van der Waals surface area contributed by atoms with Crippen molar-refractivity contribution in [3.63, 3.8) is 0 Å². The number of nitrogens with zero attached hydrogens (tertiary/aromatic N) is 5. The maximum absolute atomic E-state index is 12.0. The van der Waals surface area contributed by atoms with Crippen molar-refractivity contribution in [1.29, 1.82) is 0 Å². The Morgan fingerprint density at radius 1 is 1.43 bits per heavy atom. The van der Waals surface area contributed by atoms with Crippen molar-refractivity contribution < 1.29 is 0 Å². The molecule has 118 valence electrons. The molecule has 3 aromatic heterocycles.